The first-order chi connectivity index (χ1) is 19.4. The molecule has 0 saturated carbocycles. The van der Waals surface area contributed by atoms with Gasteiger partial charge in [0.1, 0.15) is 17.8 Å². The van der Waals surface area contributed by atoms with Gasteiger partial charge in [0.05, 0.1) is 43.9 Å². The summed E-state index contributed by atoms with van der Waals surface area (Å²) in [6, 6.07) is 17.7. The summed E-state index contributed by atoms with van der Waals surface area (Å²) in [4.78, 5) is 17.0. The summed E-state index contributed by atoms with van der Waals surface area (Å²) < 4.78 is 64.1. The van der Waals surface area contributed by atoms with E-state index in [9.17, 15) is 17.6 Å². The Hall–Kier alpha value is -4.23. The molecule has 0 saturated heterocycles. The second-order valence-corrected chi connectivity index (χ2v) is 11.3. The van der Waals surface area contributed by atoms with Crippen molar-refractivity contribution in [1.82, 2.24) is 13.9 Å². The van der Waals surface area contributed by atoms with Gasteiger partial charge in [-0.15, -0.1) is 0 Å². The lowest BCUT2D eigenvalue weighted by molar-refractivity contribution is 0.391. The highest BCUT2D eigenvalue weighted by Crippen LogP contribution is 2.33. The number of aromatic nitrogens is 3. The van der Waals surface area contributed by atoms with E-state index in [-0.39, 0.29) is 28.6 Å². The van der Waals surface area contributed by atoms with Crippen molar-refractivity contribution in [2.45, 2.75) is 23.9 Å². The summed E-state index contributed by atoms with van der Waals surface area (Å²) in [6.45, 7) is -0.767. The first-order valence-electron chi connectivity index (χ1n) is 12.1. The zero-order chi connectivity index (χ0) is 28.3. The highest BCUT2D eigenvalue weighted by molar-refractivity contribution is 7.93. The second kappa shape index (κ2) is 11.5. The average molecular weight is 585 g/mol. The lowest BCUT2D eigenvalue weighted by Crippen LogP contribution is -2.30. The van der Waals surface area contributed by atoms with Gasteiger partial charge in [-0.3, -0.25) is 8.96 Å². The lowest BCUT2D eigenvalue weighted by atomic mass is 10.0. The molecular weight excluding hydrogens is 559 g/mol. The minimum atomic E-state index is -4.22. The fourth-order valence-electron chi connectivity index (χ4n) is 4.49. The summed E-state index contributed by atoms with van der Waals surface area (Å²) >= 11 is 0.917. The summed E-state index contributed by atoms with van der Waals surface area (Å²) in [7, 11) is -1.22. The molecule has 0 bridgehead atoms. The highest BCUT2D eigenvalue weighted by Gasteiger charge is 2.30. The van der Waals surface area contributed by atoms with Crippen LogP contribution in [-0.4, -0.2) is 43.2 Å². The van der Waals surface area contributed by atoms with Gasteiger partial charge in [-0.05, 0) is 29.8 Å². The third-order valence-corrected chi connectivity index (χ3v) is 8.96. The third kappa shape index (κ3) is 5.17. The molecule has 13 heteroatoms. The molecule has 0 aliphatic heterocycles. The van der Waals surface area contributed by atoms with Crippen molar-refractivity contribution < 1.29 is 26.7 Å². The minimum Gasteiger partial charge on any atom is -0.497 e. The Labute approximate surface area is 233 Å². The van der Waals surface area contributed by atoms with Crippen molar-refractivity contribution in [3.05, 3.63) is 94.7 Å². The largest absolute Gasteiger partial charge is 0.497 e. The topological polar surface area (TPSA) is 117 Å². The van der Waals surface area contributed by atoms with Crippen molar-refractivity contribution in [1.29, 1.82) is 0 Å². The summed E-state index contributed by atoms with van der Waals surface area (Å²) in [5.41, 5.74) is 1.71. The van der Waals surface area contributed by atoms with Crippen LogP contribution < -0.4 is 19.5 Å². The number of hydrogen-bond donors (Lipinski definition) is 0. The summed E-state index contributed by atoms with van der Waals surface area (Å²) in [5.74, 6) is 0.274. The van der Waals surface area contributed by atoms with E-state index in [4.69, 9.17) is 13.9 Å². The van der Waals surface area contributed by atoms with Crippen molar-refractivity contribution in [2.75, 3.05) is 25.2 Å². The van der Waals surface area contributed by atoms with Crippen molar-refractivity contribution in [3.63, 3.8) is 0 Å². The molecule has 0 spiro atoms. The van der Waals surface area contributed by atoms with Gasteiger partial charge >= 0.3 is 5.76 Å². The molecule has 5 rings (SSSR count). The molecule has 1 unspecified atom stereocenters. The zero-order valence-electron chi connectivity index (χ0n) is 21.6. The van der Waals surface area contributed by atoms with Gasteiger partial charge in [0.15, 0.2) is 5.58 Å². The predicted molar refractivity (Wildman–Crippen MR) is 148 cm³/mol. The van der Waals surface area contributed by atoms with Crippen LogP contribution in [-0.2, 0) is 16.6 Å². The molecule has 0 radical (unpaired) electrons. The number of hydrogen-bond acceptors (Lipinski definition) is 9. The van der Waals surface area contributed by atoms with Crippen molar-refractivity contribution in [3.8, 4) is 11.5 Å². The molecule has 0 aliphatic carbocycles. The van der Waals surface area contributed by atoms with Crippen LogP contribution in [0, 0.1) is 0 Å². The number of nitrogens with zero attached hydrogens (tertiary/aromatic N) is 4. The second-order valence-electron chi connectivity index (χ2n) is 8.68. The van der Waals surface area contributed by atoms with E-state index in [0.29, 0.717) is 22.6 Å². The maximum atomic E-state index is 14.0. The Morgan fingerprint density at radius 2 is 1.88 bits per heavy atom. The minimum absolute atomic E-state index is 0.0487. The number of sulfonamides is 1. The SMILES string of the molecule is COc1ccc(CN(c2ncns2)S(=O)(=O)c2ccc3c(c2)oc(=O)n3C(CCF)c2ccccc2)c(OC)c1. The Kier molecular flexibility index (Phi) is 7.85. The smallest absolute Gasteiger partial charge is 0.420 e. The van der Waals surface area contributed by atoms with E-state index < -0.39 is 28.5 Å². The number of halogens is 1. The van der Waals surface area contributed by atoms with Gasteiger partial charge in [-0.25, -0.2) is 22.5 Å². The molecule has 2 aromatic heterocycles. The first kappa shape index (κ1) is 27.3. The van der Waals surface area contributed by atoms with E-state index in [2.05, 4.69) is 9.36 Å². The fraction of sp³-hybridized carbons (Fsp3) is 0.222. The molecule has 0 amide bonds. The summed E-state index contributed by atoms with van der Waals surface area (Å²) in [5, 5.41) is 0.143. The quantitative estimate of drug-likeness (QED) is 0.217. The first-order valence-corrected chi connectivity index (χ1v) is 14.3. The molecule has 0 aliphatic rings. The van der Waals surface area contributed by atoms with Crippen LogP contribution in [0.25, 0.3) is 11.1 Å². The number of anilines is 1. The molecule has 3 aromatic carbocycles. The Morgan fingerprint density at radius 3 is 2.55 bits per heavy atom. The van der Waals surface area contributed by atoms with Gasteiger partial charge in [0.25, 0.3) is 10.0 Å². The Bertz CT molecular complexity index is 1770. The van der Waals surface area contributed by atoms with Crippen molar-refractivity contribution in [2.24, 2.45) is 0 Å². The van der Waals surface area contributed by atoms with Crippen LogP contribution in [0.15, 0.2) is 87.2 Å². The molecule has 2 heterocycles. The zero-order valence-corrected chi connectivity index (χ0v) is 23.2. The van der Waals surface area contributed by atoms with Crippen LogP contribution in [0.1, 0.15) is 23.6 Å². The molecule has 0 N–H and O–H groups in total. The van der Waals surface area contributed by atoms with Gasteiger partial charge in [0, 0.05) is 35.6 Å². The number of fused-ring (bicyclic) bond motifs is 1. The molecular formula is C27H25FN4O6S2. The van der Waals surface area contributed by atoms with E-state index in [1.165, 1.54) is 43.3 Å². The van der Waals surface area contributed by atoms with Crippen LogP contribution in [0.4, 0.5) is 9.52 Å². The van der Waals surface area contributed by atoms with Crippen LogP contribution in [0.3, 0.4) is 0 Å². The molecule has 208 valence electrons. The van der Waals surface area contributed by atoms with Crippen LogP contribution >= 0.6 is 11.5 Å². The van der Waals surface area contributed by atoms with Crippen molar-refractivity contribution >= 4 is 37.8 Å². The standard InChI is InChI=1S/C27H25FN4O6S2/c1-36-20-9-8-19(24(14-20)37-2)16-31(26-29-17-30-39-26)40(34,35)21-10-11-23-25(15-21)38-27(33)32(23)22(12-13-28)18-6-4-3-5-7-18/h3-11,14-15,17,22H,12-13,16H2,1-2H3. The lowest BCUT2D eigenvalue weighted by Gasteiger charge is -2.22. The van der Waals surface area contributed by atoms with E-state index in [1.807, 2.05) is 6.07 Å². The average Bonchev–Trinajstić information content (AvgIpc) is 3.62. The van der Waals surface area contributed by atoms with E-state index >= 15 is 0 Å². The maximum Gasteiger partial charge on any atom is 0.420 e. The van der Waals surface area contributed by atoms with E-state index in [1.54, 1.807) is 42.5 Å². The number of methoxy groups -OCH3 is 2. The van der Waals surface area contributed by atoms with Gasteiger partial charge < -0.3 is 13.9 Å². The molecule has 5 aromatic rings. The molecule has 10 nitrogen and oxygen atoms in total. The number of alkyl halides is 1. The van der Waals surface area contributed by atoms with Crippen LogP contribution in [0.5, 0.6) is 11.5 Å². The molecule has 0 fully saturated rings. The highest BCUT2D eigenvalue weighted by atomic mass is 32.2. The normalized spacial score (nSPS) is 12.4. The fourth-order valence-corrected chi connectivity index (χ4v) is 6.64. The Balaban J connectivity index is 1.57. The maximum absolute atomic E-state index is 14.0. The molecule has 40 heavy (non-hydrogen) atoms. The number of ether oxygens (including phenoxy) is 2. The van der Waals surface area contributed by atoms with Gasteiger partial charge in [-0.1, -0.05) is 30.3 Å². The van der Waals surface area contributed by atoms with Crippen LogP contribution in [0.2, 0.25) is 0 Å². The van der Waals surface area contributed by atoms with Gasteiger partial charge in [0.2, 0.25) is 5.13 Å². The van der Waals surface area contributed by atoms with E-state index in [0.717, 1.165) is 21.4 Å². The number of benzene rings is 3. The summed E-state index contributed by atoms with van der Waals surface area (Å²) in [6.07, 6.45) is 1.32. The number of rotatable bonds is 11. The predicted octanol–water partition coefficient (Wildman–Crippen LogP) is 4.81. The third-order valence-electron chi connectivity index (χ3n) is 6.42. The molecule has 1 atom stereocenters. The van der Waals surface area contributed by atoms with Gasteiger partial charge in [-0.2, -0.15) is 4.37 Å². The Morgan fingerprint density at radius 1 is 1.07 bits per heavy atom. The monoisotopic (exact) mass is 584 g/mol. The number of oxazole rings is 1.